The first-order valence-electron chi connectivity index (χ1n) is 6.01. The molecular weight excluding hydrogens is 224 g/mol. The zero-order chi connectivity index (χ0) is 13.0. The fourth-order valence-corrected chi connectivity index (χ4v) is 1.59. The molecule has 0 aliphatic heterocycles. The number of hydrogen-bond donors (Lipinski definition) is 0. The van der Waals surface area contributed by atoms with Crippen LogP contribution in [-0.2, 0) is 0 Å². The highest BCUT2D eigenvalue weighted by atomic mass is 16.5. The first-order chi connectivity index (χ1) is 8.65. The number of ether oxygens (including phenoxy) is 2. The van der Waals surface area contributed by atoms with Crippen molar-refractivity contribution in [3.8, 4) is 17.2 Å². The minimum atomic E-state index is 0.178. The molecule has 93 valence electrons. The second-order valence-electron chi connectivity index (χ2n) is 4.35. The van der Waals surface area contributed by atoms with Gasteiger partial charge >= 0.3 is 0 Å². The summed E-state index contributed by atoms with van der Waals surface area (Å²) in [5, 5.41) is 0. The van der Waals surface area contributed by atoms with Gasteiger partial charge in [-0.05, 0) is 56.7 Å². The van der Waals surface area contributed by atoms with Crippen molar-refractivity contribution in [2.24, 2.45) is 0 Å². The van der Waals surface area contributed by atoms with Gasteiger partial charge in [-0.15, -0.1) is 0 Å². The lowest BCUT2D eigenvalue weighted by atomic mass is 10.2. The maximum Gasteiger partial charge on any atom is 0.130 e. The lowest BCUT2D eigenvalue weighted by Gasteiger charge is -2.11. The fraction of sp³-hybridized carbons (Fsp3) is 0.188. The number of benzene rings is 2. The predicted octanol–water partition coefficient (Wildman–Crippen LogP) is 4.45. The standard InChI is InChI=1S/C16H17O2/c1-12(2)17-14-8-10-15(11-9-14)18-16-7-5-4-6-13(16)3/h4-12H,3H2,1-2H3. The van der Waals surface area contributed by atoms with E-state index in [0.29, 0.717) is 0 Å². The Morgan fingerprint density at radius 1 is 0.889 bits per heavy atom. The van der Waals surface area contributed by atoms with E-state index in [-0.39, 0.29) is 6.10 Å². The molecule has 2 rings (SSSR count). The van der Waals surface area contributed by atoms with E-state index in [9.17, 15) is 0 Å². The summed E-state index contributed by atoms with van der Waals surface area (Å²) in [4.78, 5) is 0. The SMILES string of the molecule is [CH2]c1ccccc1Oc1ccc(OC(C)C)cc1. The highest BCUT2D eigenvalue weighted by molar-refractivity contribution is 5.40. The highest BCUT2D eigenvalue weighted by Crippen LogP contribution is 2.26. The van der Waals surface area contributed by atoms with Gasteiger partial charge in [0.1, 0.15) is 17.2 Å². The van der Waals surface area contributed by atoms with Gasteiger partial charge in [-0.2, -0.15) is 0 Å². The minimum Gasteiger partial charge on any atom is -0.491 e. The fourth-order valence-electron chi connectivity index (χ4n) is 1.59. The Labute approximate surface area is 108 Å². The van der Waals surface area contributed by atoms with Gasteiger partial charge in [0.15, 0.2) is 0 Å². The molecule has 0 fully saturated rings. The molecule has 0 atom stereocenters. The summed E-state index contributed by atoms with van der Waals surface area (Å²) in [6, 6.07) is 15.3. The molecule has 2 aromatic carbocycles. The molecule has 18 heavy (non-hydrogen) atoms. The van der Waals surface area contributed by atoms with Crippen molar-refractivity contribution < 1.29 is 9.47 Å². The third-order valence-electron chi connectivity index (χ3n) is 2.40. The second kappa shape index (κ2) is 5.58. The molecule has 0 amide bonds. The van der Waals surface area contributed by atoms with Gasteiger partial charge in [0.2, 0.25) is 0 Å². The van der Waals surface area contributed by atoms with Crippen molar-refractivity contribution in [2.45, 2.75) is 20.0 Å². The number of rotatable bonds is 4. The predicted molar refractivity (Wildman–Crippen MR) is 73.2 cm³/mol. The van der Waals surface area contributed by atoms with Crippen molar-refractivity contribution in [2.75, 3.05) is 0 Å². The molecule has 0 aliphatic carbocycles. The summed E-state index contributed by atoms with van der Waals surface area (Å²) in [5.41, 5.74) is 0.875. The van der Waals surface area contributed by atoms with Gasteiger partial charge in [-0.25, -0.2) is 0 Å². The van der Waals surface area contributed by atoms with E-state index in [1.807, 2.05) is 62.4 Å². The molecular formula is C16H17O2. The second-order valence-corrected chi connectivity index (χ2v) is 4.35. The molecule has 0 bridgehead atoms. The molecule has 0 aromatic heterocycles. The van der Waals surface area contributed by atoms with Crippen LogP contribution in [-0.4, -0.2) is 6.10 Å². The zero-order valence-corrected chi connectivity index (χ0v) is 10.7. The quantitative estimate of drug-likeness (QED) is 0.787. The van der Waals surface area contributed by atoms with Crippen LogP contribution in [0.2, 0.25) is 0 Å². The van der Waals surface area contributed by atoms with Gasteiger partial charge in [0.05, 0.1) is 6.10 Å². The Kier molecular flexibility index (Phi) is 3.88. The van der Waals surface area contributed by atoms with Gasteiger partial charge in [0.25, 0.3) is 0 Å². The largest absolute Gasteiger partial charge is 0.491 e. The smallest absolute Gasteiger partial charge is 0.130 e. The van der Waals surface area contributed by atoms with E-state index in [4.69, 9.17) is 9.47 Å². The van der Waals surface area contributed by atoms with Gasteiger partial charge in [0, 0.05) is 0 Å². The van der Waals surface area contributed by atoms with Crippen LogP contribution in [0, 0.1) is 6.92 Å². The normalized spacial score (nSPS) is 10.4. The van der Waals surface area contributed by atoms with E-state index in [2.05, 4.69) is 6.92 Å². The Bertz CT molecular complexity index is 501. The molecule has 0 unspecified atom stereocenters. The summed E-state index contributed by atoms with van der Waals surface area (Å²) in [7, 11) is 0. The van der Waals surface area contributed by atoms with Crippen LogP contribution in [0.15, 0.2) is 48.5 Å². The molecule has 2 aromatic rings. The molecule has 1 radical (unpaired) electrons. The van der Waals surface area contributed by atoms with Gasteiger partial charge < -0.3 is 9.47 Å². The maximum absolute atomic E-state index is 5.75. The average molecular weight is 241 g/mol. The molecule has 0 aliphatic rings. The van der Waals surface area contributed by atoms with Crippen molar-refractivity contribution in [1.29, 1.82) is 0 Å². The Morgan fingerprint density at radius 2 is 1.50 bits per heavy atom. The maximum atomic E-state index is 5.75. The summed E-state index contributed by atoms with van der Waals surface area (Å²) < 4.78 is 11.3. The van der Waals surface area contributed by atoms with Crippen molar-refractivity contribution in [3.63, 3.8) is 0 Å². The van der Waals surface area contributed by atoms with Crippen molar-refractivity contribution in [3.05, 3.63) is 61.0 Å². The first-order valence-corrected chi connectivity index (χ1v) is 6.01. The minimum absolute atomic E-state index is 0.178. The van der Waals surface area contributed by atoms with E-state index in [1.54, 1.807) is 0 Å². The monoisotopic (exact) mass is 241 g/mol. The van der Waals surface area contributed by atoms with E-state index in [1.165, 1.54) is 0 Å². The average Bonchev–Trinajstić information content (AvgIpc) is 2.34. The molecule has 0 heterocycles. The van der Waals surface area contributed by atoms with E-state index < -0.39 is 0 Å². The number of hydrogen-bond acceptors (Lipinski definition) is 2. The van der Waals surface area contributed by atoms with Crippen LogP contribution in [0.25, 0.3) is 0 Å². The van der Waals surface area contributed by atoms with Crippen LogP contribution >= 0.6 is 0 Å². The zero-order valence-electron chi connectivity index (χ0n) is 10.7. The highest BCUT2D eigenvalue weighted by Gasteiger charge is 2.02. The number of para-hydroxylation sites is 1. The molecule has 0 spiro atoms. The Balaban J connectivity index is 2.09. The van der Waals surface area contributed by atoms with Gasteiger partial charge in [-0.3, -0.25) is 0 Å². The summed E-state index contributed by atoms with van der Waals surface area (Å²) in [5.74, 6) is 2.40. The molecule has 0 N–H and O–H groups in total. The summed E-state index contributed by atoms with van der Waals surface area (Å²) >= 11 is 0. The van der Waals surface area contributed by atoms with Crippen LogP contribution in [0.4, 0.5) is 0 Å². The third-order valence-corrected chi connectivity index (χ3v) is 2.40. The summed E-state index contributed by atoms with van der Waals surface area (Å²) in [6.07, 6.45) is 0.178. The van der Waals surface area contributed by atoms with E-state index in [0.717, 1.165) is 22.8 Å². The topological polar surface area (TPSA) is 18.5 Å². The molecule has 2 heteroatoms. The lowest BCUT2D eigenvalue weighted by Crippen LogP contribution is -2.05. The van der Waals surface area contributed by atoms with Crippen molar-refractivity contribution in [1.82, 2.24) is 0 Å². The van der Waals surface area contributed by atoms with Crippen LogP contribution in [0.1, 0.15) is 19.4 Å². The van der Waals surface area contributed by atoms with Crippen molar-refractivity contribution >= 4 is 0 Å². The van der Waals surface area contributed by atoms with E-state index >= 15 is 0 Å². The third kappa shape index (κ3) is 3.27. The Hall–Kier alpha value is -1.96. The van der Waals surface area contributed by atoms with Crippen LogP contribution < -0.4 is 9.47 Å². The lowest BCUT2D eigenvalue weighted by molar-refractivity contribution is 0.242. The Morgan fingerprint density at radius 3 is 2.11 bits per heavy atom. The molecule has 0 saturated carbocycles. The van der Waals surface area contributed by atoms with Crippen LogP contribution in [0.5, 0.6) is 17.2 Å². The summed E-state index contributed by atoms with van der Waals surface area (Å²) in [6.45, 7) is 7.93. The van der Waals surface area contributed by atoms with Gasteiger partial charge in [-0.1, -0.05) is 18.2 Å². The van der Waals surface area contributed by atoms with Crippen LogP contribution in [0.3, 0.4) is 0 Å². The molecule has 0 saturated heterocycles. The first kappa shape index (κ1) is 12.5. The molecule has 2 nitrogen and oxygen atoms in total.